The van der Waals surface area contributed by atoms with Gasteiger partial charge in [-0.05, 0) is 37.3 Å². The predicted molar refractivity (Wildman–Crippen MR) is 73.2 cm³/mol. The molecule has 19 heavy (non-hydrogen) atoms. The van der Waals surface area contributed by atoms with Crippen LogP contribution in [0.1, 0.15) is 38.3 Å². The van der Waals surface area contributed by atoms with E-state index in [9.17, 15) is 4.79 Å². The monoisotopic (exact) mass is 263 g/mol. The summed E-state index contributed by atoms with van der Waals surface area (Å²) in [6.07, 6.45) is 4.28. The third kappa shape index (κ3) is 3.91. The minimum Gasteiger partial charge on any atom is -0.481 e. The van der Waals surface area contributed by atoms with Crippen molar-refractivity contribution in [2.75, 3.05) is 18.0 Å². The molecule has 1 aromatic rings. The van der Waals surface area contributed by atoms with Crippen molar-refractivity contribution in [3.8, 4) is 0 Å². The van der Waals surface area contributed by atoms with Crippen LogP contribution in [-0.4, -0.2) is 34.4 Å². The quantitative estimate of drug-likeness (QED) is 0.881. The van der Waals surface area contributed by atoms with Gasteiger partial charge in [0.1, 0.15) is 0 Å². The van der Waals surface area contributed by atoms with E-state index in [0.717, 1.165) is 50.3 Å². The molecular weight excluding hydrogens is 242 g/mol. The lowest BCUT2D eigenvalue weighted by Gasteiger charge is -2.32. The summed E-state index contributed by atoms with van der Waals surface area (Å²) in [5.74, 6) is 0.384. The smallest absolute Gasteiger partial charge is 0.303 e. The Morgan fingerprint density at radius 2 is 2.32 bits per heavy atom. The first-order valence-electron chi connectivity index (χ1n) is 6.98. The molecule has 1 aliphatic heterocycles. The molecule has 1 atom stereocenters. The van der Waals surface area contributed by atoms with E-state index in [0.29, 0.717) is 0 Å². The highest BCUT2D eigenvalue weighted by atomic mass is 16.4. The number of carbonyl (C=O) groups is 1. The average molecular weight is 263 g/mol. The summed E-state index contributed by atoms with van der Waals surface area (Å²) in [5, 5.41) is 17.4. The van der Waals surface area contributed by atoms with Gasteiger partial charge in [-0.15, -0.1) is 5.10 Å². The molecule has 1 fully saturated rings. The van der Waals surface area contributed by atoms with Crippen LogP contribution in [0.15, 0.2) is 12.1 Å². The van der Waals surface area contributed by atoms with Crippen molar-refractivity contribution in [2.24, 2.45) is 5.92 Å². The van der Waals surface area contributed by atoms with Crippen molar-refractivity contribution >= 4 is 11.8 Å². The van der Waals surface area contributed by atoms with Gasteiger partial charge in [0.15, 0.2) is 5.82 Å². The summed E-state index contributed by atoms with van der Waals surface area (Å²) in [4.78, 5) is 12.9. The second kappa shape index (κ2) is 6.50. The lowest BCUT2D eigenvalue weighted by molar-refractivity contribution is -0.138. The Balaban J connectivity index is 1.98. The standard InChI is InChI=1S/C14H21N3O2/c1-2-4-12-6-7-13(16-15-12)17-8-3-5-11(10-17)9-14(18)19/h6-7,11H,2-5,8-10H2,1H3,(H,18,19). The molecule has 1 saturated heterocycles. The second-order valence-electron chi connectivity index (χ2n) is 5.19. The Labute approximate surface area is 113 Å². The van der Waals surface area contributed by atoms with Gasteiger partial charge in [0.2, 0.25) is 0 Å². The molecule has 0 aromatic carbocycles. The number of piperidine rings is 1. The van der Waals surface area contributed by atoms with Gasteiger partial charge in [-0.3, -0.25) is 4.79 Å². The van der Waals surface area contributed by atoms with Crippen LogP contribution in [0.2, 0.25) is 0 Å². The summed E-state index contributed by atoms with van der Waals surface area (Å²) in [7, 11) is 0. The first kappa shape index (κ1) is 13.8. The van der Waals surface area contributed by atoms with Gasteiger partial charge < -0.3 is 10.0 Å². The molecular formula is C14H21N3O2. The lowest BCUT2D eigenvalue weighted by atomic mass is 9.95. The number of carboxylic acid groups (broad SMARTS) is 1. The molecule has 2 rings (SSSR count). The van der Waals surface area contributed by atoms with Gasteiger partial charge in [0.05, 0.1) is 5.69 Å². The Morgan fingerprint density at radius 3 is 2.95 bits per heavy atom. The average Bonchev–Trinajstić information content (AvgIpc) is 2.39. The third-order valence-corrected chi connectivity index (χ3v) is 3.52. The predicted octanol–water partition coefficient (Wildman–Crippen LogP) is 2.12. The highest BCUT2D eigenvalue weighted by molar-refractivity contribution is 5.67. The maximum Gasteiger partial charge on any atom is 0.303 e. The molecule has 2 heterocycles. The van der Waals surface area contributed by atoms with Gasteiger partial charge in [-0.1, -0.05) is 13.3 Å². The molecule has 0 bridgehead atoms. The number of aryl methyl sites for hydroxylation is 1. The van der Waals surface area contributed by atoms with Crippen LogP contribution in [-0.2, 0) is 11.2 Å². The van der Waals surface area contributed by atoms with Crippen LogP contribution in [0.3, 0.4) is 0 Å². The highest BCUT2D eigenvalue weighted by Gasteiger charge is 2.23. The van der Waals surface area contributed by atoms with Crippen molar-refractivity contribution in [1.82, 2.24) is 10.2 Å². The Kier molecular flexibility index (Phi) is 4.71. The SMILES string of the molecule is CCCc1ccc(N2CCCC(CC(=O)O)C2)nn1. The molecule has 0 amide bonds. The second-order valence-corrected chi connectivity index (χ2v) is 5.19. The van der Waals surface area contributed by atoms with E-state index in [1.165, 1.54) is 0 Å². The summed E-state index contributed by atoms with van der Waals surface area (Å²) in [5.41, 5.74) is 1.02. The molecule has 5 nitrogen and oxygen atoms in total. The number of aromatic nitrogens is 2. The largest absolute Gasteiger partial charge is 0.481 e. The van der Waals surface area contributed by atoms with Gasteiger partial charge in [0.25, 0.3) is 0 Å². The molecule has 1 aromatic heterocycles. The number of nitrogens with zero attached hydrogens (tertiary/aromatic N) is 3. The van der Waals surface area contributed by atoms with E-state index in [1.54, 1.807) is 0 Å². The highest BCUT2D eigenvalue weighted by Crippen LogP contribution is 2.23. The van der Waals surface area contributed by atoms with E-state index in [1.807, 2.05) is 12.1 Å². The fourth-order valence-corrected chi connectivity index (χ4v) is 2.60. The summed E-state index contributed by atoms with van der Waals surface area (Å²) in [6.45, 7) is 3.84. The third-order valence-electron chi connectivity index (χ3n) is 3.52. The van der Waals surface area contributed by atoms with Crippen molar-refractivity contribution in [2.45, 2.75) is 39.0 Å². The Bertz CT molecular complexity index is 419. The number of hydrogen-bond acceptors (Lipinski definition) is 4. The van der Waals surface area contributed by atoms with Crippen molar-refractivity contribution < 1.29 is 9.90 Å². The molecule has 1 unspecified atom stereocenters. The molecule has 1 aliphatic rings. The van der Waals surface area contributed by atoms with Crippen LogP contribution in [0.25, 0.3) is 0 Å². The molecule has 0 saturated carbocycles. The Hall–Kier alpha value is -1.65. The zero-order valence-corrected chi connectivity index (χ0v) is 11.4. The number of rotatable bonds is 5. The van der Waals surface area contributed by atoms with Crippen molar-refractivity contribution in [3.05, 3.63) is 17.8 Å². The number of anilines is 1. The van der Waals surface area contributed by atoms with Crippen LogP contribution in [0.4, 0.5) is 5.82 Å². The normalized spacial score (nSPS) is 19.4. The molecule has 0 aliphatic carbocycles. The van der Waals surface area contributed by atoms with Crippen LogP contribution in [0, 0.1) is 5.92 Å². The van der Waals surface area contributed by atoms with Gasteiger partial charge in [-0.2, -0.15) is 5.10 Å². The maximum absolute atomic E-state index is 10.8. The summed E-state index contributed by atoms with van der Waals surface area (Å²) in [6, 6.07) is 4.02. The fraction of sp³-hybridized carbons (Fsp3) is 0.643. The van der Waals surface area contributed by atoms with Gasteiger partial charge in [-0.25, -0.2) is 0 Å². The molecule has 5 heteroatoms. The van der Waals surface area contributed by atoms with E-state index in [-0.39, 0.29) is 12.3 Å². The maximum atomic E-state index is 10.8. The number of hydrogen-bond donors (Lipinski definition) is 1. The van der Waals surface area contributed by atoms with Crippen LogP contribution >= 0.6 is 0 Å². The van der Waals surface area contributed by atoms with Crippen molar-refractivity contribution in [1.29, 1.82) is 0 Å². The first-order valence-corrected chi connectivity index (χ1v) is 6.98. The molecule has 0 spiro atoms. The van der Waals surface area contributed by atoms with E-state index in [4.69, 9.17) is 5.11 Å². The van der Waals surface area contributed by atoms with E-state index in [2.05, 4.69) is 22.0 Å². The molecule has 1 N–H and O–H groups in total. The minimum atomic E-state index is -0.712. The van der Waals surface area contributed by atoms with Crippen LogP contribution < -0.4 is 4.90 Å². The van der Waals surface area contributed by atoms with Gasteiger partial charge in [0, 0.05) is 19.5 Å². The summed E-state index contributed by atoms with van der Waals surface area (Å²) < 4.78 is 0. The fourth-order valence-electron chi connectivity index (χ4n) is 2.60. The summed E-state index contributed by atoms with van der Waals surface area (Å²) >= 11 is 0. The number of aliphatic carboxylic acids is 1. The van der Waals surface area contributed by atoms with E-state index >= 15 is 0 Å². The van der Waals surface area contributed by atoms with Gasteiger partial charge >= 0.3 is 5.97 Å². The molecule has 0 radical (unpaired) electrons. The minimum absolute atomic E-state index is 0.225. The number of carboxylic acids is 1. The first-order chi connectivity index (χ1) is 9.19. The zero-order chi connectivity index (χ0) is 13.7. The zero-order valence-electron chi connectivity index (χ0n) is 11.4. The van der Waals surface area contributed by atoms with Crippen molar-refractivity contribution in [3.63, 3.8) is 0 Å². The van der Waals surface area contributed by atoms with E-state index < -0.39 is 5.97 Å². The lowest BCUT2D eigenvalue weighted by Crippen LogP contribution is -2.36. The molecule has 104 valence electrons. The Morgan fingerprint density at radius 1 is 1.47 bits per heavy atom. The topological polar surface area (TPSA) is 66.3 Å². The van der Waals surface area contributed by atoms with Crippen LogP contribution in [0.5, 0.6) is 0 Å².